The zero-order valence-electron chi connectivity index (χ0n) is 44.1. The fourth-order valence-electron chi connectivity index (χ4n) is 8.77. The van der Waals surface area contributed by atoms with E-state index in [0.717, 1.165) is 70.6 Å². The lowest BCUT2D eigenvalue weighted by molar-refractivity contribution is -0.151. The first kappa shape index (κ1) is 63.8. The Morgan fingerprint density at radius 1 is 0.439 bits per heavy atom. The van der Waals surface area contributed by atoms with Crippen LogP contribution in [0.2, 0.25) is 0 Å². The molecule has 0 saturated carbocycles. The van der Waals surface area contributed by atoms with Crippen molar-refractivity contribution < 1.29 is 24.5 Å². The summed E-state index contributed by atoms with van der Waals surface area (Å²) in [6, 6.07) is -0.718. The Bertz CT molecular complexity index is 1130. The minimum absolute atomic E-state index is 0.0430. The summed E-state index contributed by atoms with van der Waals surface area (Å²) in [5.74, 6) is -0.514. The second-order valence-electron chi connectivity index (χ2n) is 19.7. The molecule has 0 aromatic rings. The molecule has 0 spiro atoms. The average molecular weight is 927 g/mol. The van der Waals surface area contributed by atoms with Gasteiger partial charge in [-0.2, -0.15) is 0 Å². The second kappa shape index (κ2) is 53.8. The van der Waals surface area contributed by atoms with E-state index in [-0.39, 0.29) is 24.9 Å². The molecule has 6 heteroatoms. The van der Waals surface area contributed by atoms with E-state index >= 15 is 0 Å². The van der Waals surface area contributed by atoms with Gasteiger partial charge in [-0.3, -0.25) is 9.59 Å². The molecule has 0 heterocycles. The van der Waals surface area contributed by atoms with Crippen molar-refractivity contribution >= 4 is 11.9 Å². The Morgan fingerprint density at radius 2 is 0.788 bits per heavy atom. The number of ether oxygens (including phenoxy) is 1. The lowest BCUT2D eigenvalue weighted by atomic mass is 10.0. The van der Waals surface area contributed by atoms with Crippen LogP contribution in [0, 0.1) is 0 Å². The number of aliphatic hydroxyl groups is 2. The summed E-state index contributed by atoms with van der Waals surface area (Å²) in [7, 11) is 0. The van der Waals surface area contributed by atoms with Crippen molar-refractivity contribution in [1.82, 2.24) is 5.32 Å². The quantitative estimate of drug-likeness (QED) is 0.0321. The fourth-order valence-corrected chi connectivity index (χ4v) is 8.77. The summed E-state index contributed by atoms with van der Waals surface area (Å²) in [5, 5.41) is 23.9. The number of carbonyl (C=O) groups excluding carboxylic acids is 2. The largest absolute Gasteiger partial charge is 0.462 e. The van der Waals surface area contributed by atoms with Gasteiger partial charge in [-0.1, -0.05) is 268 Å². The molecule has 1 amide bonds. The van der Waals surface area contributed by atoms with Crippen molar-refractivity contribution in [3.63, 3.8) is 0 Å². The summed E-state index contributed by atoms with van der Waals surface area (Å²) in [4.78, 5) is 26.3. The van der Waals surface area contributed by atoms with Gasteiger partial charge in [-0.25, -0.2) is 0 Å². The summed E-state index contributed by atoms with van der Waals surface area (Å²) in [6.07, 6.45) is 66.1. The molecule has 0 aromatic carbocycles. The number of allylic oxidation sites excluding steroid dienone is 8. The number of unbranched alkanes of at least 4 members (excludes halogenated alkanes) is 32. The SMILES string of the molecule is CCCCC/C=C\C/C=C\C/C=C\C/C=C\CCCC(CC(=O)NC(CO)C(O)CCCCCCCCCCCCCCCC)OC(=O)CCCCCCCCCCCCCCCCCC. The van der Waals surface area contributed by atoms with Crippen molar-refractivity contribution in [3.8, 4) is 0 Å². The third kappa shape index (κ3) is 48.3. The molecule has 3 atom stereocenters. The molecule has 0 aromatic heterocycles. The molecule has 0 rings (SSSR count). The monoisotopic (exact) mass is 926 g/mol. The molecule has 6 nitrogen and oxygen atoms in total. The van der Waals surface area contributed by atoms with Gasteiger partial charge in [0.25, 0.3) is 0 Å². The zero-order valence-corrected chi connectivity index (χ0v) is 44.1. The highest BCUT2D eigenvalue weighted by Crippen LogP contribution is 2.18. The molecular formula is C60H111NO5. The average Bonchev–Trinajstić information content (AvgIpc) is 3.31. The number of hydrogen-bond acceptors (Lipinski definition) is 5. The van der Waals surface area contributed by atoms with Gasteiger partial charge >= 0.3 is 5.97 Å². The normalized spacial score (nSPS) is 13.5. The van der Waals surface area contributed by atoms with Crippen molar-refractivity contribution in [2.24, 2.45) is 0 Å². The Hall–Kier alpha value is -2.18. The maximum atomic E-state index is 13.3. The van der Waals surface area contributed by atoms with E-state index in [9.17, 15) is 19.8 Å². The van der Waals surface area contributed by atoms with Crippen LogP contribution < -0.4 is 5.32 Å². The summed E-state index contributed by atoms with van der Waals surface area (Å²) in [5.41, 5.74) is 0. The Morgan fingerprint density at radius 3 is 1.20 bits per heavy atom. The highest BCUT2D eigenvalue weighted by molar-refractivity contribution is 5.77. The molecule has 3 N–H and O–H groups in total. The van der Waals surface area contributed by atoms with E-state index < -0.39 is 18.2 Å². The summed E-state index contributed by atoms with van der Waals surface area (Å²) >= 11 is 0. The van der Waals surface area contributed by atoms with Crippen LogP contribution in [0.4, 0.5) is 0 Å². The Balaban J connectivity index is 4.64. The topological polar surface area (TPSA) is 95.9 Å². The van der Waals surface area contributed by atoms with Crippen LogP contribution in [0.25, 0.3) is 0 Å². The van der Waals surface area contributed by atoms with Crippen LogP contribution in [0.5, 0.6) is 0 Å². The van der Waals surface area contributed by atoms with Crippen molar-refractivity contribution in [1.29, 1.82) is 0 Å². The molecule has 0 bridgehead atoms. The molecule has 0 aliphatic heterocycles. The van der Waals surface area contributed by atoms with E-state index in [1.54, 1.807) is 0 Å². The van der Waals surface area contributed by atoms with Crippen molar-refractivity contribution in [2.75, 3.05) is 6.61 Å². The van der Waals surface area contributed by atoms with E-state index in [2.05, 4.69) is 74.7 Å². The second-order valence-corrected chi connectivity index (χ2v) is 19.7. The fraction of sp³-hybridized carbons (Fsp3) is 0.833. The Labute approximate surface area is 410 Å². The van der Waals surface area contributed by atoms with Gasteiger partial charge in [-0.05, 0) is 64.2 Å². The number of rotatable bonds is 52. The molecule has 0 saturated heterocycles. The van der Waals surface area contributed by atoms with Crippen LogP contribution in [0.3, 0.4) is 0 Å². The molecule has 0 fully saturated rings. The van der Waals surface area contributed by atoms with Crippen molar-refractivity contribution in [2.45, 2.75) is 315 Å². The number of nitrogens with one attached hydrogen (secondary N) is 1. The number of esters is 1. The first-order chi connectivity index (χ1) is 32.5. The Kier molecular flexibility index (Phi) is 52.0. The third-order valence-electron chi connectivity index (χ3n) is 13.2. The standard InChI is InChI=1S/C60H111NO5/c1-4-7-10-13-16-19-22-25-28-30-31-33-36-39-42-45-48-51-56(66-60(65)53-50-47-44-41-38-35-32-29-26-23-20-17-14-11-8-5-2)54-59(64)61-57(55-62)58(63)52-49-46-43-40-37-34-27-24-21-18-15-12-9-6-3/h16,19,25,28,31,33,39,42,56-58,62-63H,4-15,17-18,20-24,26-27,29-30,32,34-38,40-41,43-55H2,1-3H3,(H,61,64)/b19-16-,28-25-,33-31-,42-39-. The zero-order chi connectivity index (χ0) is 48.1. The lowest BCUT2D eigenvalue weighted by Gasteiger charge is -2.24. The number of carbonyl (C=O) groups is 2. The summed E-state index contributed by atoms with van der Waals surface area (Å²) in [6.45, 7) is 6.47. The van der Waals surface area contributed by atoms with Gasteiger partial charge in [0, 0.05) is 6.42 Å². The molecule has 3 unspecified atom stereocenters. The minimum atomic E-state index is -0.801. The number of amides is 1. The first-order valence-corrected chi connectivity index (χ1v) is 28.9. The van der Waals surface area contributed by atoms with Gasteiger partial charge in [-0.15, -0.1) is 0 Å². The molecular weight excluding hydrogens is 815 g/mol. The molecule has 66 heavy (non-hydrogen) atoms. The van der Waals surface area contributed by atoms with Gasteiger partial charge in [0.15, 0.2) is 0 Å². The van der Waals surface area contributed by atoms with Crippen LogP contribution in [-0.2, 0) is 14.3 Å². The highest BCUT2D eigenvalue weighted by atomic mass is 16.5. The molecule has 0 aliphatic rings. The maximum absolute atomic E-state index is 13.3. The van der Waals surface area contributed by atoms with Crippen LogP contribution >= 0.6 is 0 Å². The first-order valence-electron chi connectivity index (χ1n) is 28.9. The molecule has 386 valence electrons. The van der Waals surface area contributed by atoms with E-state index in [1.807, 2.05) is 0 Å². The van der Waals surface area contributed by atoms with Gasteiger partial charge in [0.1, 0.15) is 6.10 Å². The predicted molar refractivity (Wildman–Crippen MR) is 287 cm³/mol. The lowest BCUT2D eigenvalue weighted by Crippen LogP contribution is -2.46. The highest BCUT2D eigenvalue weighted by Gasteiger charge is 2.24. The van der Waals surface area contributed by atoms with Gasteiger partial charge in [0.2, 0.25) is 5.91 Å². The van der Waals surface area contributed by atoms with Crippen LogP contribution in [-0.4, -0.2) is 46.9 Å². The minimum Gasteiger partial charge on any atom is -0.462 e. The van der Waals surface area contributed by atoms with Gasteiger partial charge < -0.3 is 20.3 Å². The van der Waals surface area contributed by atoms with Crippen LogP contribution in [0.15, 0.2) is 48.6 Å². The van der Waals surface area contributed by atoms with Crippen molar-refractivity contribution in [3.05, 3.63) is 48.6 Å². The predicted octanol–water partition coefficient (Wildman–Crippen LogP) is 17.8. The van der Waals surface area contributed by atoms with Gasteiger partial charge in [0.05, 0.1) is 25.2 Å². The van der Waals surface area contributed by atoms with E-state index in [0.29, 0.717) is 19.3 Å². The molecule has 0 radical (unpaired) electrons. The van der Waals surface area contributed by atoms with E-state index in [1.165, 1.54) is 180 Å². The number of aliphatic hydroxyl groups excluding tert-OH is 2. The van der Waals surface area contributed by atoms with E-state index in [4.69, 9.17) is 4.74 Å². The molecule has 0 aliphatic carbocycles. The smallest absolute Gasteiger partial charge is 0.306 e. The summed E-state index contributed by atoms with van der Waals surface area (Å²) < 4.78 is 5.94. The maximum Gasteiger partial charge on any atom is 0.306 e. The number of hydrogen-bond donors (Lipinski definition) is 3. The third-order valence-corrected chi connectivity index (χ3v) is 13.2. The van der Waals surface area contributed by atoms with Crippen LogP contribution in [0.1, 0.15) is 297 Å².